The SMILES string of the molecule is COc1ccc(C(=O)NCC(=O)N/N=C/c2ccccn2)cc1. The van der Waals surface area contributed by atoms with Crippen LogP contribution in [0.3, 0.4) is 0 Å². The van der Waals surface area contributed by atoms with Crippen LogP contribution < -0.4 is 15.5 Å². The van der Waals surface area contributed by atoms with Gasteiger partial charge in [0.2, 0.25) is 0 Å². The van der Waals surface area contributed by atoms with E-state index in [0.29, 0.717) is 17.0 Å². The number of amides is 2. The lowest BCUT2D eigenvalue weighted by molar-refractivity contribution is -0.120. The standard InChI is InChI=1S/C16H16N4O3/c1-23-14-7-5-12(6-8-14)16(22)18-11-15(21)20-19-10-13-4-2-3-9-17-13/h2-10H,11H2,1H3,(H,18,22)(H,20,21)/b19-10+. The predicted octanol–water partition coefficient (Wildman–Crippen LogP) is 0.970. The molecule has 0 atom stereocenters. The van der Waals surface area contributed by atoms with E-state index in [9.17, 15) is 9.59 Å². The van der Waals surface area contributed by atoms with E-state index in [0.717, 1.165) is 0 Å². The fraction of sp³-hybridized carbons (Fsp3) is 0.125. The zero-order valence-electron chi connectivity index (χ0n) is 12.5. The van der Waals surface area contributed by atoms with Crippen LogP contribution in [0.15, 0.2) is 53.8 Å². The molecule has 7 nitrogen and oxygen atoms in total. The van der Waals surface area contributed by atoms with Crippen LogP contribution in [-0.4, -0.2) is 36.7 Å². The van der Waals surface area contributed by atoms with Crippen LogP contribution in [0, 0.1) is 0 Å². The first kappa shape index (κ1) is 16.2. The van der Waals surface area contributed by atoms with Gasteiger partial charge in [-0.15, -0.1) is 0 Å². The van der Waals surface area contributed by atoms with Gasteiger partial charge < -0.3 is 10.1 Å². The van der Waals surface area contributed by atoms with Crippen molar-refractivity contribution in [3.05, 3.63) is 59.9 Å². The van der Waals surface area contributed by atoms with Gasteiger partial charge in [0, 0.05) is 11.8 Å². The van der Waals surface area contributed by atoms with E-state index >= 15 is 0 Å². The summed E-state index contributed by atoms with van der Waals surface area (Å²) in [5.41, 5.74) is 3.37. The molecule has 0 radical (unpaired) electrons. The number of nitrogens with zero attached hydrogens (tertiary/aromatic N) is 2. The van der Waals surface area contributed by atoms with E-state index in [4.69, 9.17) is 4.74 Å². The van der Waals surface area contributed by atoms with Gasteiger partial charge in [-0.25, -0.2) is 5.43 Å². The average molecular weight is 312 g/mol. The van der Waals surface area contributed by atoms with Crippen molar-refractivity contribution in [1.29, 1.82) is 0 Å². The zero-order valence-corrected chi connectivity index (χ0v) is 12.5. The minimum absolute atomic E-state index is 0.176. The molecular weight excluding hydrogens is 296 g/mol. The Kier molecular flexibility index (Phi) is 5.81. The third-order valence-electron chi connectivity index (χ3n) is 2.84. The normalized spacial score (nSPS) is 10.3. The minimum Gasteiger partial charge on any atom is -0.497 e. The van der Waals surface area contributed by atoms with Crippen molar-refractivity contribution in [2.24, 2.45) is 5.10 Å². The molecule has 1 aromatic heterocycles. The average Bonchev–Trinajstić information content (AvgIpc) is 2.60. The Labute approximate surface area is 133 Å². The second-order valence-electron chi connectivity index (χ2n) is 4.46. The third-order valence-corrected chi connectivity index (χ3v) is 2.84. The number of hydrogen-bond acceptors (Lipinski definition) is 5. The Morgan fingerprint density at radius 2 is 2.00 bits per heavy atom. The maximum Gasteiger partial charge on any atom is 0.259 e. The molecule has 0 fully saturated rings. The fourth-order valence-electron chi connectivity index (χ4n) is 1.67. The third kappa shape index (κ3) is 5.24. The zero-order chi connectivity index (χ0) is 16.5. The molecule has 1 heterocycles. The molecule has 2 rings (SSSR count). The first-order valence-electron chi connectivity index (χ1n) is 6.84. The first-order chi connectivity index (χ1) is 11.2. The van der Waals surface area contributed by atoms with E-state index in [-0.39, 0.29) is 12.5 Å². The molecule has 7 heteroatoms. The van der Waals surface area contributed by atoms with Gasteiger partial charge in [0.25, 0.3) is 11.8 Å². The molecule has 0 unspecified atom stereocenters. The van der Waals surface area contributed by atoms with Gasteiger partial charge in [-0.3, -0.25) is 14.6 Å². The van der Waals surface area contributed by atoms with Gasteiger partial charge in [0.1, 0.15) is 5.75 Å². The van der Waals surface area contributed by atoms with Gasteiger partial charge in [0.05, 0.1) is 25.6 Å². The van der Waals surface area contributed by atoms with E-state index in [1.54, 1.807) is 49.7 Å². The highest BCUT2D eigenvalue weighted by molar-refractivity contribution is 5.96. The number of methoxy groups -OCH3 is 1. The number of aromatic nitrogens is 1. The topological polar surface area (TPSA) is 92.7 Å². The molecule has 0 saturated heterocycles. The summed E-state index contributed by atoms with van der Waals surface area (Å²) in [6, 6.07) is 11.9. The van der Waals surface area contributed by atoms with Crippen molar-refractivity contribution in [3.8, 4) is 5.75 Å². The monoisotopic (exact) mass is 312 g/mol. The molecular formula is C16H16N4O3. The van der Waals surface area contributed by atoms with Crippen molar-refractivity contribution in [3.63, 3.8) is 0 Å². The lowest BCUT2D eigenvalue weighted by atomic mass is 10.2. The molecule has 23 heavy (non-hydrogen) atoms. The van der Waals surface area contributed by atoms with Gasteiger partial charge in [-0.1, -0.05) is 6.07 Å². The summed E-state index contributed by atoms with van der Waals surface area (Å²) in [6.45, 7) is -0.176. The van der Waals surface area contributed by atoms with Crippen LogP contribution in [0.25, 0.3) is 0 Å². The number of carbonyl (C=O) groups is 2. The summed E-state index contributed by atoms with van der Waals surface area (Å²) in [5, 5.41) is 6.26. The predicted molar refractivity (Wildman–Crippen MR) is 85.3 cm³/mol. The van der Waals surface area contributed by atoms with E-state index in [1.165, 1.54) is 6.21 Å². The molecule has 1 aromatic carbocycles. The Bertz CT molecular complexity index is 684. The number of ether oxygens (including phenoxy) is 1. The van der Waals surface area contributed by atoms with Crippen LogP contribution in [0.4, 0.5) is 0 Å². The van der Waals surface area contributed by atoms with Gasteiger partial charge in [-0.05, 0) is 36.4 Å². The smallest absolute Gasteiger partial charge is 0.259 e. The van der Waals surface area contributed by atoms with Crippen LogP contribution in [-0.2, 0) is 4.79 Å². The lowest BCUT2D eigenvalue weighted by Gasteiger charge is -2.05. The van der Waals surface area contributed by atoms with Crippen LogP contribution in [0.5, 0.6) is 5.75 Å². The summed E-state index contributed by atoms with van der Waals surface area (Å²) >= 11 is 0. The Balaban J connectivity index is 1.77. The number of pyridine rings is 1. The molecule has 0 aliphatic rings. The molecule has 2 N–H and O–H groups in total. The van der Waals surface area contributed by atoms with E-state index in [1.807, 2.05) is 6.07 Å². The summed E-state index contributed by atoms with van der Waals surface area (Å²) in [7, 11) is 1.55. The second-order valence-corrected chi connectivity index (χ2v) is 4.46. The molecule has 118 valence electrons. The van der Waals surface area contributed by atoms with Crippen LogP contribution in [0.1, 0.15) is 16.1 Å². The van der Waals surface area contributed by atoms with Crippen LogP contribution >= 0.6 is 0 Å². The molecule has 0 aliphatic carbocycles. The molecule has 0 bridgehead atoms. The number of carbonyl (C=O) groups excluding carboxylic acids is 2. The fourth-order valence-corrected chi connectivity index (χ4v) is 1.67. The molecule has 0 spiro atoms. The summed E-state index contributed by atoms with van der Waals surface area (Å²) in [6.07, 6.45) is 3.04. The van der Waals surface area contributed by atoms with Crippen molar-refractivity contribution in [2.45, 2.75) is 0 Å². The Morgan fingerprint density at radius 3 is 2.65 bits per heavy atom. The Hall–Kier alpha value is -3.22. The largest absolute Gasteiger partial charge is 0.497 e. The number of hydrazone groups is 1. The maximum atomic E-state index is 11.9. The molecule has 0 aliphatic heterocycles. The molecule has 2 amide bonds. The van der Waals surface area contributed by atoms with Gasteiger partial charge in [-0.2, -0.15) is 5.10 Å². The lowest BCUT2D eigenvalue weighted by Crippen LogP contribution is -2.34. The van der Waals surface area contributed by atoms with E-state index < -0.39 is 5.91 Å². The summed E-state index contributed by atoms with van der Waals surface area (Å²) in [4.78, 5) is 27.5. The highest BCUT2D eigenvalue weighted by atomic mass is 16.5. The number of hydrogen-bond donors (Lipinski definition) is 2. The van der Waals surface area contributed by atoms with Crippen molar-refractivity contribution in [1.82, 2.24) is 15.7 Å². The summed E-state index contributed by atoms with van der Waals surface area (Å²) in [5.74, 6) is -0.126. The first-order valence-corrected chi connectivity index (χ1v) is 6.84. The highest BCUT2D eigenvalue weighted by Crippen LogP contribution is 2.10. The summed E-state index contributed by atoms with van der Waals surface area (Å²) < 4.78 is 5.01. The van der Waals surface area contributed by atoms with Crippen molar-refractivity contribution in [2.75, 3.05) is 13.7 Å². The van der Waals surface area contributed by atoms with Crippen molar-refractivity contribution < 1.29 is 14.3 Å². The number of rotatable bonds is 6. The van der Waals surface area contributed by atoms with Crippen LogP contribution in [0.2, 0.25) is 0 Å². The quantitative estimate of drug-likeness (QED) is 0.614. The van der Waals surface area contributed by atoms with Gasteiger partial charge in [0.15, 0.2) is 0 Å². The van der Waals surface area contributed by atoms with Crippen molar-refractivity contribution >= 4 is 18.0 Å². The minimum atomic E-state index is -0.431. The molecule has 0 saturated carbocycles. The Morgan fingerprint density at radius 1 is 1.22 bits per heavy atom. The maximum absolute atomic E-state index is 11.9. The van der Waals surface area contributed by atoms with E-state index in [2.05, 4.69) is 20.8 Å². The number of nitrogens with one attached hydrogen (secondary N) is 2. The second kappa shape index (κ2) is 8.28. The highest BCUT2D eigenvalue weighted by Gasteiger charge is 2.07. The number of benzene rings is 1. The molecule has 2 aromatic rings. The van der Waals surface area contributed by atoms with Gasteiger partial charge >= 0.3 is 0 Å².